The van der Waals surface area contributed by atoms with Gasteiger partial charge in [0.05, 0.1) is 12.5 Å². The zero-order chi connectivity index (χ0) is 15.5. The topological polar surface area (TPSA) is 78.4 Å². The van der Waals surface area contributed by atoms with Crippen molar-refractivity contribution in [3.63, 3.8) is 0 Å². The fraction of sp³-hybridized carbons (Fsp3) is 0.529. The van der Waals surface area contributed by atoms with E-state index in [-0.39, 0.29) is 24.3 Å². The molecule has 1 aromatic carbocycles. The lowest BCUT2D eigenvalue weighted by atomic mass is 9.84. The lowest BCUT2D eigenvalue weighted by Gasteiger charge is -2.27. The van der Waals surface area contributed by atoms with E-state index in [1.165, 1.54) is 0 Å². The number of carbonyl (C=O) groups excluding carboxylic acids is 2. The highest BCUT2D eigenvalue weighted by molar-refractivity contribution is 6.05. The van der Waals surface area contributed by atoms with Crippen LogP contribution < -0.4 is 10.6 Å². The molecule has 1 aliphatic heterocycles. The van der Waals surface area contributed by atoms with Gasteiger partial charge in [-0.3, -0.25) is 9.59 Å². The molecule has 1 fully saturated rings. The fourth-order valence-electron chi connectivity index (χ4n) is 3.45. The van der Waals surface area contributed by atoms with Crippen LogP contribution in [0.25, 0.3) is 0 Å². The number of anilines is 1. The molecule has 3 N–H and O–H groups in total. The summed E-state index contributed by atoms with van der Waals surface area (Å²) in [6.07, 6.45) is 5.01. The van der Waals surface area contributed by atoms with Crippen molar-refractivity contribution in [2.75, 3.05) is 11.9 Å². The molecule has 5 heteroatoms. The molecular weight excluding hydrogens is 280 g/mol. The number of aliphatic hydroxyl groups excluding tert-OH is 1. The molecule has 2 atom stereocenters. The van der Waals surface area contributed by atoms with Gasteiger partial charge in [0.2, 0.25) is 5.91 Å². The van der Waals surface area contributed by atoms with Crippen LogP contribution in [0.4, 0.5) is 5.69 Å². The van der Waals surface area contributed by atoms with Crippen molar-refractivity contribution in [3.8, 4) is 0 Å². The van der Waals surface area contributed by atoms with E-state index in [1.54, 1.807) is 12.1 Å². The third kappa shape index (κ3) is 3.14. The van der Waals surface area contributed by atoms with E-state index in [0.29, 0.717) is 18.0 Å². The summed E-state index contributed by atoms with van der Waals surface area (Å²) in [6.45, 7) is 0.561. The third-order valence-corrected chi connectivity index (χ3v) is 4.70. The molecule has 1 aliphatic carbocycles. The van der Waals surface area contributed by atoms with E-state index in [0.717, 1.165) is 43.4 Å². The monoisotopic (exact) mass is 302 g/mol. The molecule has 0 radical (unpaired) electrons. The lowest BCUT2D eigenvalue weighted by molar-refractivity contribution is -0.115. The number of carbonyl (C=O) groups is 2. The molecule has 0 aromatic heterocycles. The first-order valence-electron chi connectivity index (χ1n) is 8.03. The van der Waals surface area contributed by atoms with Gasteiger partial charge in [-0.2, -0.15) is 0 Å². The van der Waals surface area contributed by atoms with E-state index >= 15 is 0 Å². The summed E-state index contributed by atoms with van der Waals surface area (Å²) in [4.78, 5) is 23.8. The third-order valence-electron chi connectivity index (χ3n) is 4.70. The zero-order valence-corrected chi connectivity index (χ0v) is 12.6. The second-order valence-electron chi connectivity index (χ2n) is 6.21. The molecule has 0 bridgehead atoms. The molecule has 2 amide bonds. The average molecular weight is 302 g/mol. The van der Waals surface area contributed by atoms with Crippen molar-refractivity contribution in [1.29, 1.82) is 0 Å². The number of fused-ring (bicyclic) bond motifs is 1. The summed E-state index contributed by atoms with van der Waals surface area (Å²) in [5.74, 6) is 0.0815. The van der Waals surface area contributed by atoms with Gasteiger partial charge in [0.15, 0.2) is 0 Å². The van der Waals surface area contributed by atoms with Crippen molar-refractivity contribution < 1.29 is 14.7 Å². The van der Waals surface area contributed by atoms with Gasteiger partial charge in [-0.05, 0) is 42.9 Å². The van der Waals surface area contributed by atoms with Gasteiger partial charge in [0, 0.05) is 17.8 Å². The van der Waals surface area contributed by atoms with E-state index in [2.05, 4.69) is 10.6 Å². The van der Waals surface area contributed by atoms with Crippen LogP contribution in [0.1, 0.15) is 48.0 Å². The predicted molar refractivity (Wildman–Crippen MR) is 83.7 cm³/mol. The number of hydrogen-bond acceptors (Lipinski definition) is 3. The van der Waals surface area contributed by atoms with Crippen LogP contribution in [0, 0.1) is 5.92 Å². The molecule has 3 rings (SSSR count). The van der Waals surface area contributed by atoms with Crippen LogP contribution in [-0.2, 0) is 11.2 Å². The second kappa shape index (κ2) is 6.48. The standard InChI is InChI=1S/C17H22N2O3/c20-15-7-2-1-4-11(15)8-9-18-17(22)12-5-3-6-14-13(12)10-16(21)19-14/h3,5-6,11,15,20H,1-2,4,7-10H2,(H,18,22)(H,19,21)/t11-,15-/m1/s1. The molecule has 118 valence electrons. The Bertz CT molecular complexity index is 585. The molecule has 0 spiro atoms. The molecule has 0 saturated heterocycles. The Balaban J connectivity index is 1.57. The molecule has 1 heterocycles. The number of aliphatic hydroxyl groups is 1. The maximum Gasteiger partial charge on any atom is 0.251 e. The van der Waals surface area contributed by atoms with Crippen molar-refractivity contribution >= 4 is 17.5 Å². The zero-order valence-electron chi connectivity index (χ0n) is 12.6. The predicted octanol–water partition coefficient (Wildman–Crippen LogP) is 1.85. The smallest absolute Gasteiger partial charge is 0.251 e. The van der Waals surface area contributed by atoms with Gasteiger partial charge in [0.1, 0.15) is 0 Å². The van der Waals surface area contributed by atoms with Crippen LogP contribution in [0.5, 0.6) is 0 Å². The minimum Gasteiger partial charge on any atom is -0.393 e. The number of nitrogens with one attached hydrogen (secondary N) is 2. The molecule has 2 aliphatic rings. The Labute approximate surface area is 130 Å². The van der Waals surface area contributed by atoms with E-state index in [4.69, 9.17) is 0 Å². The summed E-state index contributed by atoms with van der Waals surface area (Å²) in [5, 5.41) is 15.6. The first-order chi connectivity index (χ1) is 10.6. The van der Waals surface area contributed by atoms with Gasteiger partial charge in [-0.1, -0.05) is 18.9 Å². The van der Waals surface area contributed by atoms with E-state index in [1.807, 2.05) is 6.07 Å². The van der Waals surface area contributed by atoms with Gasteiger partial charge in [-0.15, -0.1) is 0 Å². The van der Waals surface area contributed by atoms with E-state index < -0.39 is 0 Å². The highest BCUT2D eigenvalue weighted by Crippen LogP contribution is 2.27. The highest BCUT2D eigenvalue weighted by Gasteiger charge is 2.25. The van der Waals surface area contributed by atoms with Gasteiger partial charge >= 0.3 is 0 Å². The normalized spacial score (nSPS) is 23.8. The van der Waals surface area contributed by atoms with Gasteiger partial charge < -0.3 is 15.7 Å². The SMILES string of the molecule is O=C1Cc2c(cccc2C(=O)NCC[C@H]2CCCC[C@H]2O)N1. The van der Waals surface area contributed by atoms with Gasteiger partial charge in [0.25, 0.3) is 5.91 Å². The Kier molecular flexibility index (Phi) is 4.43. The second-order valence-corrected chi connectivity index (χ2v) is 6.21. The summed E-state index contributed by atoms with van der Waals surface area (Å²) in [7, 11) is 0. The number of amides is 2. The van der Waals surface area contributed by atoms with Crippen molar-refractivity contribution in [2.45, 2.75) is 44.6 Å². The summed E-state index contributed by atoms with van der Waals surface area (Å²) < 4.78 is 0. The van der Waals surface area contributed by atoms with Crippen molar-refractivity contribution in [1.82, 2.24) is 5.32 Å². The van der Waals surface area contributed by atoms with Crippen LogP contribution in [0.3, 0.4) is 0 Å². The molecule has 1 saturated carbocycles. The lowest BCUT2D eigenvalue weighted by Crippen LogP contribution is -2.31. The van der Waals surface area contributed by atoms with Gasteiger partial charge in [-0.25, -0.2) is 0 Å². The first-order valence-corrected chi connectivity index (χ1v) is 8.03. The minimum absolute atomic E-state index is 0.0689. The average Bonchev–Trinajstić information content (AvgIpc) is 2.89. The highest BCUT2D eigenvalue weighted by atomic mass is 16.3. The van der Waals surface area contributed by atoms with Crippen LogP contribution in [0.15, 0.2) is 18.2 Å². The summed E-state index contributed by atoms with van der Waals surface area (Å²) in [6, 6.07) is 5.35. The minimum atomic E-state index is -0.228. The number of rotatable bonds is 4. The van der Waals surface area contributed by atoms with Crippen LogP contribution >= 0.6 is 0 Å². The Morgan fingerprint density at radius 2 is 2.14 bits per heavy atom. The largest absolute Gasteiger partial charge is 0.393 e. The molecule has 0 unspecified atom stereocenters. The molecule has 1 aromatic rings. The first kappa shape index (κ1) is 15.0. The maximum atomic E-state index is 12.3. The quantitative estimate of drug-likeness (QED) is 0.794. The molecular formula is C17H22N2O3. The Hall–Kier alpha value is -1.88. The van der Waals surface area contributed by atoms with Crippen molar-refractivity contribution in [2.24, 2.45) is 5.92 Å². The summed E-state index contributed by atoms with van der Waals surface area (Å²) in [5.41, 5.74) is 2.09. The van der Waals surface area contributed by atoms with Crippen LogP contribution in [0.2, 0.25) is 0 Å². The maximum absolute atomic E-state index is 12.3. The number of hydrogen-bond donors (Lipinski definition) is 3. The Morgan fingerprint density at radius 1 is 1.32 bits per heavy atom. The molecule has 5 nitrogen and oxygen atoms in total. The van der Waals surface area contributed by atoms with Crippen molar-refractivity contribution in [3.05, 3.63) is 29.3 Å². The number of benzene rings is 1. The van der Waals surface area contributed by atoms with Crippen LogP contribution in [-0.4, -0.2) is 29.6 Å². The Morgan fingerprint density at radius 3 is 2.95 bits per heavy atom. The van der Waals surface area contributed by atoms with E-state index in [9.17, 15) is 14.7 Å². The molecule has 22 heavy (non-hydrogen) atoms. The fourth-order valence-corrected chi connectivity index (χ4v) is 3.45. The summed E-state index contributed by atoms with van der Waals surface area (Å²) >= 11 is 0.